The molecule has 2 saturated heterocycles. The summed E-state index contributed by atoms with van der Waals surface area (Å²) >= 11 is 1.36. The second-order valence-corrected chi connectivity index (χ2v) is 7.07. The molecule has 27 heavy (non-hydrogen) atoms. The van der Waals surface area contributed by atoms with E-state index in [4.69, 9.17) is 4.74 Å². The smallest absolute Gasteiger partial charge is 0.323 e. The van der Waals surface area contributed by atoms with Crippen molar-refractivity contribution in [2.75, 3.05) is 54.5 Å². The van der Waals surface area contributed by atoms with E-state index in [1.165, 1.54) is 11.3 Å². The van der Waals surface area contributed by atoms with E-state index in [2.05, 4.69) is 25.5 Å². The summed E-state index contributed by atoms with van der Waals surface area (Å²) in [6.45, 7) is 4.32. The molecule has 2 aromatic rings. The number of carbonyl (C=O) groups excluding carboxylic acids is 2. The fourth-order valence-electron chi connectivity index (χ4n) is 2.98. The first-order chi connectivity index (χ1) is 13.2. The fourth-order valence-corrected chi connectivity index (χ4v) is 3.82. The zero-order valence-corrected chi connectivity index (χ0v) is 15.5. The van der Waals surface area contributed by atoms with Crippen molar-refractivity contribution in [3.8, 4) is 0 Å². The quantitative estimate of drug-likeness (QED) is 0.795. The molecule has 0 atom stereocenters. The monoisotopic (exact) mass is 388 g/mol. The van der Waals surface area contributed by atoms with Crippen molar-refractivity contribution in [3.05, 3.63) is 29.4 Å². The van der Waals surface area contributed by atoms with Gasteiger partial charge in [-0.1, -0.05) is 0 Å². The number of amides is 3. The molecule has 0 aromatic carbocycles. The van der Waals surface area contributed by atoms with Crippen LogP contribution in [0.3, 0.4) is 0 Å². The summed E-state index contributed by atoms with van der Waals surface area (Å²) in [6.07, 6.45) is 1.90. The molecule has 2 aliphatic rings. The van der Waals surface area contributed by atoms with Crippen LogP contribution in [0.4, 0.5) is 21.4 Å². The molecule has 2 aromatic heterocycles. The van der Waals surface area contributed by atoms with Crippen LogP contribution in [0.5, 0.6) is 0 Å². The summed E-state index contributed by atoms with van der Waals surface area (Å²) in [5.74, 6) is 0.315. The first kappa shape index (κ1) is 17.7. The highest BCUT2D eigenvalue weighted by atomic mass is 32.1. The van der Waals surface area contributed by atoms with Gasteiger partial charge in [-0.3, -0.25) is 9.69 Å². The summed E-state index contributed by atoms with van der Waals surface area (Å²) < 4.78 is 5.34. The third-order valence-corrected chi connectivity index (χ3v) is 5.27. The molecule has 2 fully saturated rings. The molecule has 2 aliphatic heterocycles. The third kappa shape index (κ3) is 4.17. The zero-order chi connectivity index (χ0) is 18.6. The Morgan fingerprint density at radius 2 is 2.15 bits per heavy atom. The van der Waals surface area contributed by atoms with Gasteiger partial charge in [0.15, 0.2) is 5.13 Å². The lowest BCUT2D eigenvalue weighted by atomic mass is 10.3. The van der Waals surface area contributed by atoms with Crippen LogP contribution in [0.15, 0.2) is 23.7 Å². The number of morpholine rings is 1. The zero-order valence-electron chi connectivity index (χ0n) is 14.7. The van der Waals surface area contributed by atoms with Crippen molar-refractivity contribution in [1.29, 1.82) is 0 Å². The van der Waals surface area contributed by atoms with E-state index >= 15 is 0 Å². The van der Waals surface area contributed by atoms with E-state index < -0.39 is 0 Å². The highest BCUT2D eigenvalue weighted by Crippen LogP contribution is 2.22. The van der Waals surface area contributed by atoms with E-state index in [0.717, 1.165) is 18.8 Å². The van der Waals surface area contributed by atoms with E-state index in [-0.39, 0.29) is 18.4 Å². The predicted octanol–water partition coefficient (Wildman–Crippen LogP) is 1.09. The van der Waals surface area contributed by atoms with Crippen molar-refractivity contribution >= 4 is 39.9 Å². The molecule has 2 N–H and O–H groups in total. The van der Waals surface area contributed by atoms with Gasteiger partial charge in [0, 0.05) is 31.6 Å². The summed E-state index contributed by atoms with van der Waals surface area (Å²) in [7, 11) is 0. The van der Waals surface area contributed by atoms with Gasteiger partial charge in [-0.25, -0.2) is 14.8 Å². The Hall–Kier alpha value is -2.72. The van der Waals surface area contributed by atoms with Crippen LogP contribution in [0.1, 0.15) is 5.69 Å². The van der Waals surface area contributed by atoms with E-state index in [1.54, 1.807) is 22.5 Å². The Balaban J connectivity index is 1.32. The van der Waals surface area contributed by atoms with Crippen molar-refractivity contribution in [2.24, 2.45) is 0 Å². The fraction of sp³-hybridized carbons (Fsp3) is 0.412. The van der Waals surface area contributed by atoms with Crippen molar-refractivity contribution in [2.45, 2.75) is 6.42 Å². The van der Waals surface area contributed by atoms with Gasteiger partial charge in [-0.2, -0.15) is 0 Å². The average Bonchev–Trinajstić information content (AvgIpc) is 3.31. The summed E-state index contributed by atoms with van der Waals surface area (Å²) in [5, 5.41) is 7.93. The summed E-state index contributed by atoms with van der Waals surface area (Å²) in [4.78, 5) is 36.4. The van der Waals surface area contributed by atoms with Gasteiger partial charge >= 0.3 is 6.03 Å². The number of rotatable bonds is 5. The number of urea groups is 1. The van der Waals surface area contributed by atoms with Crippen LogP contribution in [0.2, 0.25) is 0 Å². The maximum atomic E-state index is 12.3. The van der Waals surface area contributed by atoms with Crippen LogP contribution < -0.4 is 20.4 Å². The molecule has 10 heteroatoms. The van der Waals surface area contributed by atoms with Gasteiger partial charge < -0.3 is 20.3 Å². The van der Waals surface area contributed by atoms with Crippen LogP contribution in [0, 0.1) is 0 Å². The van der Waals surface area contributed by atoms with Crippen molar-refractivity contribution in [3.63, 3.8) is 0 Å². The lowest BCUT2D eigenvalue weighted by Crippen LogP contribution is -2.36. The highest BCUT2D eigenvalue weighted by Gasteiger charge is 2.24. The number of hydrogen-bond acceptors (Lipinski definition) is 7. The summed E-state index contributed by atoms with van der Waals surface area (Å²) in [6, 6.07) is 3.59. The first-order valence-electron chi connectivity index (χ1n) is 8.77. The minimum atomic E-state index is -0.190. The maximum absolute atomic E-state index is 12.3. The van der Waals surface area contributed by atoms with Crippen molar-refractivity contribution < 1.29 is 14.3 Å². The molecule has 0 aliphatic carbocycles. The van der Waals surface area contributed by atoms with E-state index in [0.29, 0.717) is 42.9 Å². The molecule has 0 bridgehead atoms. The standard InChI is InChI=1S/C17H20N6O3S/c24-15(9-12-11-27-17(20-12)23-4-3-18-16(23)25)21-14-2-1-13(10-19-14)22-5-7-26-8-6-22/h1-2,10-11H,3-9H2,(H,18,25)(H,19,21,24). The van der Waals surface area contributed by atoms with Gasteiger partial charge in [0.2, 0.25) is 5.91 Å². The number of pyridine rings is 1. The normalized spacial score (nSPS) is 17.1. The second kappa shape index (κ2) is 7.89. The number of carbonyl (C=O) groups is 2. The number of aromatic nitrogens is 2. The van der Waals surface area contributed by atoms with Gasteiger partial charge in [-0.15, -0.1) is 11.3 Å². The van der Waals surface area contributed by atoms with Crippen LogP contribution >= 0.6 is 11.3 Å². The molecule has 3 amide bonds. The van der Waals surface area contributed by atoms with Gasteiger partial charge in [0.05, 0.1) is 37.2 Å². The lowest BCUT2D eigenvalue weighted by molar-refractivity contribution is -0.115. The van der Waals surface area contributed by atoms with Crippen LogP contribution in [0.25, 0.3) is 0 Å². The third-order valence-electron chi connectivity index (χ3n) is 4.36. The lowest BCUT2D eigenvalue weighted by Gasteiger charge is -2.28. The topological polar surface area (TPSA) is 99.7 Å². The minimum Gasteiger partial charge on any atom is -0.378 e. The van der Waals surface area contributed by atoms with Gasteiger partial charge in [0.25, 0.3) is 0 Å². The molecule has 4 heterocycles. The molecular weight excluding hydrogens is 368 g/mol. The minimum absolute atomic E-state index is 0.138. The number of ether oxygens (including phenoxy) is 1. The maximum Gasteiger partial charge on any atom is 0.323 e. The Morgan fingerprint density at radius 3 is 2.85 bits per heavy atom. The summed E-state index contributed by atoms with van der Waals surface area (Å²) in [5.41, 5.74) is 1.65. The number of thiazole rings is 1. The molecule has 9 nitrogen and oxygen atoms in total. The van der Waals surface area contributed by atoms with Gasteiger partial charge in [-0.05, 0) is 12.1 Å². The molecule has 4 rings (SSSR count). The Kier molecular flexibility index (Phi) is 5.16. The van der Waals surface area contributed by atoms with Crippen molar-refractivity contribution in [1.82, 2.24) is 15.3 Å². The average molecular weight is 388 g/mol. The SMILES string of the molecule is O=C(Cc1csc(N2CCNC2=O)n1)Nc1ccc(N2CCOCC2)cn1. The Bertz CT molecular complexity index is 818. The molecule has 142 valence electrons. The van der Waals surface area contributed by atoms with Crippen LogP contribution in [-0.2, 0) is 16.0 Å². The number of anilines is 3. The molecule has 0 saturated carbocycles. The largest absolute Gasteiger partial charge is 0.378 e. The molecule has 0 unspecified atom stereocenters. The number of nitrogens with zero attached hydrogens (tertiary/aromatic N) is 4. The van der Waals surface area contributed by atoms with E-state index in [9.17, 15) is 9.59 Å². The number of nitrogens with one attached hydrogen (secondary N) is 2. The predicted molar refractivity (Wildman–Crippen MR) is 102 cm³/mol. The Morgan fingerprint density at radius 1 is 1.30 bits per heavy atom. The van der Waals surface area contributed by atoms with E-state index in [1.807, 2.05) is 6.07 Å². The highest BCUT2D eigenvalue weighted by molar-refractivity contribution is 7.14. The van der Waals surface area contributed by atoms with Gasteiger partial charge in [0.1, 0.15) is 5.82 Å². The van der Waals surface area contributed by atoms with Crippen LogP contribution in [-0.4, -0.2) is 61.3 Å². The number of hydrogen-bond donors (Lipinski definition) is 2. The molecule has 0 spiro atoms. The second-order valence-electron chi connectivity index (χ2n) is 6.23. The molecular formula is C17H20N6O3S. The first-order valence-corrected chi connectivity index (χ1v) is 9.65. The Labute approximate surface area is 160 Å². The molecule has 0 radical (unpaired) electrons.